The summed E-state index contributed by atoms with van der Waals surface area (Å²) in [6, 6.07) is 0. The van der Waals surface area contributed by atoms with Crippen molar-refractivity contribution in [2.75, 3.05) is 25.4 Å². The Labute approximate surface area is 149 Å². The molecule has 0 saturated heterocycles. The standard InChI is InChI=1S/C18H32F2N2OS/c1-4-5-6-7-15(2)8-10-22-11-9-17(16(12-22)21-14-23)24-13-18(3,19)20/h14-15H,4-13H2,1-3H3,(H,21,23)/t15-/m1/s1. The predicted octanol–water partition coefficient (Wildman–Crippen LogP) is 4.64. The zero-order chi connectivity index (χ0) is 18.0. The van der Waals surface area contributed by atoms with E-state index in [1.807, 2.05) is 0 Å². The highest BCUT2D eigenvalue weighted by Gasteiger charge is 2.25. The molecule has 0 bridgehead atoms. The van der Waals surface area contributed by atoms with E-state index in [4.69, 9.17) is 0 Å². The van der Waals surface area contributed by atoms with Crippen LogP contribution in [0.3, 0.4) is 0 Å². The van der Waals surface area contributed by atoms with E-state index in [9.17, 15) is 13.6 Å². The number of hydrogen-bond donors (Lipinski definition) is 1. The van der Waals surface area contributed by atoms with E-state index in [0.717, 1.165) is 43.5 Å². The van der Waals surface area contributed by atoms with Crippen molar-refractivity contribution in [3.63, 3.8) is 0 Å². The average molecular weight is 363 g/mol. The molecule has 3 nitrogen and oxygen atoms in total. The van der Waals surface area contributed by atoms with Gasteiger partial charge in [-0.1, -0.05) is 39.5 Å². The Morgan fingerprint density at radius 3 is 2.75 bits per heavy atom. The summed E-state index contributed by atoms with van der Waals surface area (Å²) in [6.07, 6.45) is 7.64. The number of carbonyl (C=O) groups is 1. The van der Waals surface area contributed by atoms with Gasteiger partial charge in [0.2, 0.25) is 6.41 Å². The third kappa shape index (κ3) is 9.02. The van der Waals surface area contributed by atoms with Crippen LogP contribution in [0.25, 0.3) is 0 Å². The quantitative estimate of drug-likeness (QED) is 0.405. The molecule has 0 aliphatic carbocycles. The van der Waals surface area contributed by atoms with Gasteiger partial charge in [-0.25, -0.2) is 8.78 Å². The summed E-state index contributed by atoms with van der Waals surface area (Å²) >= 11 is 1.17. The summed E-state index contributed by atoms with van der Waals surface area (Å²) in [6.45, 7) is 7.98. The van der Waals surface area contributed by atoms with E-state index in [2.05, 4.69) is 24.1 Å². The molecule has 1 aliphatic rings. The lowest BCUT2D eigenvalue weighted by atomic mass is 9.99. The number of halogens is 2. The Hall–Kier alpha value is -0.620. The molecule has 1 N–H and O–H groups in total. The fourth-order valence-electron chi connectivity index (χ4n) is 2.85. The lowest BCUT2D eigenvalue weighted by Gasteiger charge is -2.31. The summed E-state index contributed by atoms with van der Waals surface area (Å²) in [7, 11) is 0. The van der Waals surface area contributed by atoms with Crippen LogP contribution in [0.5, 0.6) is 0 Å². The largest absolute Gasteiger partial charge is 0.330 e. The maximum absolute atomic E-state index is 13.1. The number of amides is 1. The van der Waals surface area contributed by atoms with E-state index in [1.54, 1.807) is 0 Å². The Bertz CT molecular complexity index is 410. The first-order chi connectivity index (χ1) is 11.4. The average Bonchev–Trinajstić information content (AvgIpc) is 2.52. The van der Waals surface area contributed by atoms with Crippen molar-refractivity contribution >= 4 is 18.2 Å². The number of nitrogens with one attached hydrogen (secondary N) is 1. The molecule has 24 heavy (non-hydrogen) atoms. The van der Waals surface area contributed by atoms with Gasteiger partial charge in [0, 0.05) is 30.6 Å². The number of hydrogen-bond acceptors (Lipinski definition) is 3. The van der Waals surface area contributed by atoms with Gasteiger partial charge in [-0.3, -0.25) is 9.69 Å². The number of rotatable bonds is 12. The Morgan fingerprint density at radius 1 is 1.38 bits per heavy atom. The summed E-state index contributed by atoms with van der Waals surface area (Å²) in [5.74, 6) is -2.21. The summed E-state index contributed by atoms with van der Waals surface area (Å²) in [4.78, 5) is 14.0. The van der Waals surface area contributed by atoms with Gasteiger partial charge in [0.15, 0.2) is 0 Å². The fraction of sp³-hybridized carbons (Fsp3) is 0.833. The lowest BCUT2D eigenvalue weighted by molar-refractivity contribution is -0.109. The smallest absolute Gasteiger partial charge is 0.254 e. The second kappa shape index (κ2) is 11.1. The van der Waals surface area contributed by atoms with E-state index >= 15 is 0 Å². The monoisotopic (exact) mass is 362 g/mol. The zero-order valence-corrected chi connectivity index (χ0v) is 16.1. The third-order valence-electron chi connectivity index (χ3n) is 4.35. The van der Waals surface area contributed by atoms with Crippen molar-refractivity contribution < 1.29 is 13.6 Å². The van der Waals surface area contributed by atoms with Crippen molar-refractivity contribution in [3.8, 4) is 0 Å². The second-order valence-corrected chi connectivity index (χ2v) is 8.01. The first-order valence-electron chi connectivity index (χ1n) is 9.01. The van der Waals surface area contributed by atoms with E-state index in [1.165, 1.54) is 37.4 Å². The summed E-state index contributed by atoms with van der Waals surface area (Å²) in [5.41, 5.74) is 0.795. The van der Waals surface area contributed by atoms with Crippen LogP contribution in [-0.2, 0) is 4.79 Å². The van der Waals surface area contributed by atoms with E-state index in [-0.39, 0.29) is 5.75 Å². The molecule has 0 fully saturated rings. The molecule has 0 unspecified atom stereocenters. The fourth-order valence-corrected chi connectivity index (χ4v) is 3.81. The minimum atomic E-state index is -2.69. The molecule has 1 aliphatic heterocycles. The Morgan fingerprint density at radius 2 is 2.12 bits per heavy atom. The van der Waals surface area contributed by atoms with Gasteiger partial charge in [0.1, 0.15) is 0 Å². The van der Waals surface area contributed by atoms with Crippen LogP contribution < -0.4 is 5.32 Å². The topological polar surface area (TPSA) is 32.3 Å². The molecule has 1 atom stereocenters. The SMILES string of the molecule is CCCCC[C@@H](C)CCN1CCC(SCC(C)(F)F)=C(NC=O)C1. The number of carbonyl (C=O) groups excluding carboxylic acids is 1. The maximum Gasteiger partial charge on any atom is 0.254 e. The first kappa shape index (κ1) is 21.4. The number of alkyl halides is 2. The molecule has 140 valence electrons. The lowest BCUT2D eigenvalue weighted by Crippen LogP contribution is -2.37. The van der Waals surface area contributed by atoms with Crippen LogP contribution in [-0.4, -0.2) is 42.6 Å². The molecule has 1 amide bonds. The van der Waals surface area contributed by atoms with Crippen LogP contribution in [0, 0.1) is 5.92 Å². The Kier molecular flexibility index (Phi) is 9.89. The van der Waals surface area contributed by atoms with Crippen LogP contribution in [0.15, 0.2) is 10.6 Å². The molecule has 0 saturated carbocycles. The molecule has 6 heteroatoms. The summed E-state index contributed by atoms with van der Waals surface area (Å²) in [5, 5.41) is 2.72. The number of nitrogens with zero attached hydrogens (tertiary/aromatic N) is 1. The molecule has 0 spiro atoms. The normalized spacial score (nSPS) is 17.9. The van der Waals surface area contributed by atoms with Gasteiger partial charge in [0.05, 0.1) is 5.75 Å². The number of thioether (sulfide) groups is 1. The Balaban J connectivity index is 2.46. The van der Waals surface area contributed by atoms with Crippen molar-refractivity contribution in [1.29, 1.82) is 0 Å². The van der Waals surface area contributed by atoms with Crippen LogP contribution in [0.4, 0.5) is 8.78 Å². The predicted molar refractivity (Wildman–Crippen MR) is 98.3 cm³/mol. The highest BCUT2D eigenvalue weighted by molar-refractivity contribution is 8.03. The molecule has 0 aromatic carbocycles. The van der Waals surface area contributed by atoms with Gasteiger partial charge >= 0.3 is 0 Å². The second-order valence-electron chi connectivity index (χ2n) is 6.94. The summed E-state index contributed by atoms with van der Waals surface area (Å²) < 4.78 is 26.1. The molecular weight excluding hydrogens is 330 g/mol. The molecule has 0 aromatic heterocycles. The molecule has 1 heterocycles. The van der Waals surface area contributed by atoms with E-state index in [0.29, 0.717) is 18.9 Å². The van der Waals surface area contributed by atoms with Crippen LogP contribution in [0.1, 0.15) is 59.3 Å². The minimum Gasteiger partial charge on any atom is -0.330 e. The molecule has 0 radical (unpaired) electrons. The molecule has 0 aromatic rings. The van der Waals surface area contributed by atoms with Gasteiger partial charge in [0.25, 0.3) is 5.92 Å². The van der Waals surface area contributed by atoms with Crippen molar-refractivity contribution in [2.24, 2.45) is 5.92 Å². The van der Waals surface area contributed by atoms with Gasteiger partial charge in [-0.2, -0.15) is 0 Å². The minimum absolute atomic E-state index is 0.235. The van der Waals surface area contributed by atoms with Gasteiger partial charge in [-0.05, 0) is 25.3 Å². The molecular formula is C18H32F2N2OS. The van der Waals surface area contributed by atoms with Gasteiger partial charge < -0.3 is 5.32 Å². The first-order valence-corrected chi connectivity index (χ1v) is 9.99. The maximum atomic E-state index is 13.1. The van der Waals surface area contributed by atoms with Crippen LogP contribution in [0.2, 0.25) is 0 Å². The van der Waals surface area contributed by atoms with Crippen molar-refractivity contribution in [1.82, 2.24) is 10.2 Å². The number of unbranched alkanes of at least 4 members (excludes halogenated alkanes) is 2. The van der Waals surface area contributed by atoms with Crippen molar-refractivity contribution in [2.45, 2.75) is 65.2 Å². The van der Waals surface area contributed by atoms with Crippen molar-refractivity contribution in [3.05, 3.63) is 10.6 Å². The highest BCUT2D eigenvalue weighted by Crippen LogP contribution is 2.31. The van der Waals surface area contributed by atoms with Crippen LogP contribution >= 0.6 is 11.8 Å². The third-order valence-corrected chi connectivity index (χ3v) is 5.80. The van der Waals surface area contributed by atoms with E-state index < -0.39 is 5.92 Å². The van der Waals surface area contributed by atoms with Gasteiger partial charge in [-0.15, -0.1) is 11.8 Å². The zero-order valence-electron chi connectivity index (χ0n) is 15.2. The highest BCUT2D eigenvalue weighted by atomic mass is 32.2. The molecule has 1 rings (SSSR count).